The summed E-state index contributed by atoms with van der Waals surface area (Å²) in [6.45, 7) is 4.17. The molecule has 0 spiro atoms. The summed E-state index contributed by atoms with van der Waals surface area (Å²) in [5, 5.41) is 2.85. The number of carbonyl (C=O) groups is 1. The topological polar surface area (TPSA) is 39.2 Å². The summed E-state index contributed by atoms with van der Waals surface area (Å²) < 4.78 is 4.63. The van der Waals surface area contributed by atoms with Crippen LogP contribution in [0.4, 0.5) is 0 Å². The number of methoxy groups -OCH3 is 1. The Morgan fingerprint density at radius 3 is 2.78 bits per heavy atom. The normalized spacial score (nSPS) is 10.4. The first-order valence-corrected chi connectivity index (χ1v) is 6.57. The minimum Gasteiger partial charge on any atom is -0.469 e. The maximum absolute atomic E-state index is 11.2. The molecule has 2 aromatic rings. The van der Waals surface area contributed by atoms with Crippen LogP contribution in [-0.4, -0.2) is 18.1 Å². The molecule has 0 amide bonds. The van der Waals surface area contributed by atoms with E-state index in [-0.39, 0.29) is 12.4 Å². The van der Waals surface area contributed by atoms with Crippen LogP contribution in [-0.2, 0) is 16.0 Å². The standard InChI is InChI=1S/C14H15NO2S/c1-9-4-5-11(6-10(9)2)14-15-12(8-18-14)7-13(16)17-3/h4-6,8H,7H2,1-3H3. The Hall–Kier alpha value is -1.68. The molecule has 18 heavy (non-hydrogen) atoms. The van der Waals surface area contributed by atoms with Crippen molar-refractivity contribution in [3.8, 4) is 10.6 Å². The Bertz CT molecular complexity index is 575. The number of rotatable bonds is 3. The molecule has 0 saturated carbocycles. The highest BCUT2D eigenvalue weighted by Gasteiger charge is 2.09. The molecule has 0 aliphatic rings. The molecule has 0 unspecified atom stereocenters. The van der Waals surface area contributed by atoms with Gasteiger partial charge in [0, 0.05) is 10.9 Å². The van der Waals surface area contributed by atoms with Gasteiger partial charge in [-0.3, -0.25) is 4.79 Å². The van der Waals surface area contributed by atoms with Crippen molar-refractivity contribution in [2.24, 2.45) is 0 Å². The van der Waals surface area contributed by atoms with Gasteiger partial charge in [-0.15, -0.1) is 11.3 Å². The summed E-state index contributed by atoms with van der Waals surface area (Å²) in [7, 11) is 1.39. The zero-order valence-corrected chi connectivity index (χ0v) is 11.5. The molecule has 1 aromatic heterocycles. The number of esters is 1. The van der Waals surface area contributed by atoms with E-state index in [0.29, 0.717) is 0 Å². The largest absolute Gasteiger partial charge is 0.469 e. The van der Waals surface area contributed by atoms with E-state index in [2.05, 4.69) is 41.8 Å². The molecule has 0 saturated heterocycles. The van der Waals surface area contributed by atoms with Crippen LogP contribution >= 0.6 is 11.3 Å². The van der Waals surface area contributed by atoms with E-state index >= 15 is 0 Å². The van der Waals surface area contributed by atoms with Crippen LogP contribution in [0.3, 0.4) is 0 Å². The summed E-state index contributed by atoms with van der Waals surface area (Å²) in [6.07, 6.45) is 0.234. The van der Waals surface area contributed by atoms with Crippen molar-refractivity contribution in [2.45, 2.75) is 20.3 Å². The van der Waals surface area contributed by atoms with Gasteiger partial charge in [-0.1, -0.05) is 12.1 Å². The first-order valence-electron chi connectivity index (χ1n) is 5.69. The van der Waals surface area contributed by atoms with E-state index in [1.54, 1.807) is 11.3 Å². The monoisotopic (exact) mass is 261 g/mol. The second-order valence-corrected chi connectivity index (χ2v) is 5.05. The van der Waals surface area contributed by atoms with Gasteiger partial charge in [0.2, 0.25) is 0 Å². The molecule has 0 aliphatic heterocycles. The first-order chi connectivity index (χ1) is 8.60. The molecule has 0 radical (unpaired) electrons. The molecule has 1 heterocycles. The Morgan fingerprint density at radius 2 is 2.11 bits per heavy atom. The average molecular weight is 261 g/mol. The first kappa shape index (κ1) is 12.8. The maximum Gasteiger partial charge on any atom is 0.311 e. The number of aryl methyl sites for hydroxylation is 2. The molecular formula is C14H15NO2S. The van der Waals surface area contributed by atoms with E-state index in [9.17, 15) is 4.79 Å². The fraction of sp³-hybridized carbons (Fsp3) is 0.286. The van der Waals surface area contributed by atoms with Crippen LogP contribution in [0.15, 0.2) is 23.6 Å². The van der Waals surface area contributed by atoms with Crippen LogP contribution in [0.2, 0.25) is 0 Å². The van der Waals surface area contributed by atoms with Gasteiger partial charge in [-0.05, 0) is 31.0 Å². The zero-order valence-electron chi connectivity index (χ0n) is 10.7. The molecule has 0 fully saturated rings. The number of carbonyl (C=O) groups excluding carboxylic acids is 1. The zero-order chi connectivity index (χ0) is 13.1. The maximum atomic E-state index is 11.2. The molecule has 0 atom stereocenters. The number of benzene rings is 1. The third-order valence-electron chi connectivity index (χ3n) is 2.86. The summed E-state index contributed by atoms with van der Waals surface area (Å²) in [5.74, 6) is -0.257. The van der Waals surface area contributed by atoms with E-state index < -0.39 is 0 Å². The number of aromatic nitrogens is 1. The molecule has 0 bridgehead atoms. The van der Waals surface area contributed by atoms with Crippen molar-refractivity contribution in [2.75, 3.05) is 7.11 Å². The molecular weight excluding hydrogens is 246 g/mol. The summed E-state index contributed by atoms with van der Waals surface area (Å²) in [4.78, 5) is 15.6. The molecule has 1 aromatic carbocycles. The SMILES string of the molecule is COC(=O)Cc1csc(-c2ccc(C)c(C)c2)n1. The summed E-state index contributed by atoms with van der Waals surface area (Å²) in [6, 6.07) is 6.27. The van der Waals surface area contributed by atoms with E-state index in [1.165, 1.54) is 18.2 Å². The van der Waals surface area contributed by atoms with E-state index in [0.717, 1.165) is 16.3 Å². The third-order valence-corrected chi connectivity index (χ3v) is 3.80. The summed E-state index contributed by atoms with van der Waals surface area (Å²) in [5.41, 5.74) is 4.38. The van der Waals surface area contributed by atoms with Gasteiger partial charge < -0.3 is 4.74 Å². The highest BCUT2D eigenvalue weighted by atomic mass is 32.1. The molecule has 4 heteroatoms. The minimum absolute atomic E-state index is 0.234. The predicted molar refractivity (Wildman–Crippen MR) is 72.7 cm³/mol. The number of thiazole rings is 1. The number of hydrogen-bond acceptors (Lipinski definition) is 4. The quantitative estimate of drug-likeness (QED) is 0.797. The Labute approximate surface area is 110 Å². The molecule has 94 valence electrons. The molecule has 3 nitrogen and oxygen atoms in total. The van der Waals surface area contributed by atoms with Gasteiger partial charge in [-0.2, -0.15) is 0 Å². The van der Waals surface area contributed by atoms with Gasteiger partial charge in [-0.25, -0.2) is 4.98 Å². The minimum atomic E-state index is -0.257. The number of nitrogens with zero attached hydrogens (tertiary/aromatic N) is 1. The fourth-order valence-corrected chi connectivity index (χ4v) is 2.43. The van der Waals surface area contributed by atoms with Gasteiger partial charge in [0.25, 0.3) is 0 Å². The van der Waals surface area contributed by atoms with Crippen molar-refractivity contribution < 1.29 is 9.53 Å². The van der Waals surface area contributed by atoms with Crippen LogP contribution in [0.1, 0.15) is 16.8 Å². The van der Waals surface area contributed by atoms with Crippen LogP contribution in [0, 0.1) is 13.8 Å². The van der Waals surface area contributed by atoms with Crippen molar-refractivity contribution >= 4 is 17.3 Å². The lowest BCUT2D eigenvalue weighted by Gasteiger charge is -2.02. The average Bonchev–Trinajstić information content (AvgIpc) is 2.81. The summed E-state index contributed by atoms with van der Waals surface area (Å²) >= 11 is 1.55. The van der Waals surface area contributed by atoms with Gasteiger partial charge in [0.05, 0.1) is 19.2 Å². The van der Waals surface area contributed by atoms with Crippen molar-refractivity contribution in [1.29, 1.82) is 0 Å². The number of hydrogen-bond donors (Lipinski definition) is 0. The number of ether oxygens (including phenoxy) is 1. The predicted octanol–water partition coefficient (Wildman–Crippen LogP) is 3.14. The van der Waals surface area contributed by atoms with Gasteiger partial charge in [0.1, 0.15) is 5.01 Å². The lowest BCUT2D eigenvalue weighted by Crippen LogP contribution is -2.04. The highest BCUT2D eigenvalue weighted by Crippen LogP contribution is 2.25. The lowest BCUT2D eigenvalue weighted by molar-refractivity contribution is -0.139. The molecule has 2 rings (SSSR count). The van der Waals surface area contributed by atoms with Gasteiger partial charge in [0.15, 0.2) is 0 Å². The van der Waals surface area contributed by atoms with Gasteiger partial charge >= 0.3 is 5.97 Å². The van der Waals surface area contributed by atoms with Crippen LogP contribution in [0.5, 0.6) is 0 Å². The van der Waals surface area contributed by atoms with Crippen LogP contribution in [0.25, 0.3) is 10.6 Å². The lowest BCUT2D eigenvalue weighted by atomic mass is 10.1. The smallest absolute Gasteiger partial charge is 0.311 e. The Kier molecular flexibility index (Phi) is 3.77. The van der Waals surface area contributed by atoms with Crippen molar-refractivity contribution in [3.05, 3.63) is 40.4 Å². The Morgan fingerprint density at radius 1 is 1.33 bits per heavy atom. The molecule has 0 aliphatic carbocycles. The second kappa shape index (κ2) is 5.31. The van der Waals surface area contributed by atoms with Crippen molar-refractivity contribution in [3.63, 3.8) is 0 Å². The van der Waals surface area contributed by atoms with E-state index in [1.807, 2.05) is 5.38 Å². The second-order valence-electron chi connectivity index (χ2n) is 4.20. The van der Waals surface area contributed by atoms with Crippen LogP contribution < -0.4 is 0 Å². The molecule has 0 N–H and O–H groups in total. The third kappa shape index (κ3) is 2.76. The fourth-order valence-electron chi connectivity index (χ4n) is 1.62. The highest BCUT2D eigenvalue weighted by molar-refractivity contribution is 7.13. The Balaban J connectivity index is 2.23. The van der Waals surface area contributed by atoms with E-state index in [4.69, 9.17) is 0 Å². The van der Waals surface area contributed by atoms with Crippen molar-refractivity contribution in [1.82, 2.24) is 4.98 Å².